The van der Waals surface area contributed by atoms with Crippen molar-refractivity contribution < 1.29 is 0 Å². The minimum Gasteiger partial charge on any atom is -0.380 e. The molecule has 2 unspecified atom stereocenters. The van der Waals surface area contributed by atoms with Crippen molar-refractivity contribution in [3.63, 3.8) is 0 Å². The molecule has 1 fully saturated rings. The molecular formula is C12H21N3. The highest BCUT2D eigenvalue weighted by Gasteiger charge is 2.16. The van der Waals surface area contributed by atoms with Crippen LogP contribution in [0.3, 0.4) is 0 Å². The molecule has 1 aromatic heterocycles. The van der Waals surface area contributed by atoms with Crippen molar-refractivity contribution >= 4 is 5.69 Å². The van der Waals surface area contributed by atoms with Crippen LogP contribution < -0.4 is 5.32 Å². The van der Waals surface area contributed by atoms with Crippen LogP contribution in [0, 0.1) is 5.92 Å². The summed E-state index contributed by atoms with van der Waals surface area (Å²) in [5.74, 6) is 0.908. The third-order valence-corrected chi connectivity index (χ3v) is 3.33. The third-order valence-electron chi connectivity index (χ3n) is 3.33. The van der Waals surface area contributed by atoms with E-state index in [1.165, 1.54) is 32.1 Å². The van der Waals surface area contributed by atoms with Gasteiger partial charge in [-0.15, -0.1) is 0 Å². The van der Waals surface area contributed by atoms with Gasteiger partial charge in [0.2, 0.25) is 0 Å². The zero-order valence-corrected chi connectivity index (χ0v) is 9.74. The molecular weight excluding hydrogens is 186 g/mol. The molecule has 15 heavy (non-hydrogen) atoms. The topological polar surface area (TPSA) is 29.9 Å². The molecule has 0 bridgehead atoms. The fourth-order valence-electron chi connectivity index (χ4n) is 2.36. The van der Waals surface area contributed by atoms with Crippen LogP contribution in [-0.4, -0.2) is 15.8 Å². The molecule has 3 heteroatoms. The Hall–Kier alpha value is -0.990. The first-order chi connectivity index (χ1) is 7.24. The lowest BCUT2D eigenvalue weighted by molar-refractivity contribution is 0.502. The summed E-state index contributed by atoms with van der Waals surface area (Å²) in [5.41, 5.74) is 1.16. The molecule has 2 rings (SSSR count). The van der Waals surface area contributed by atoms with E-state index >= 15 is 0 Å². The number of hydrogen-bond acceptors (Lipinski definition) is 2. The van der Waals surface area contributed by atoms with Crippen LogP contribution in [0.4, 0.5) is 5.69 Å². The minimum atomic E-state index is 0.652. The number of anilines is 1. The number of hydrogen-bond donors (Lipinski definition) is 1. The van der Waals surface area contributed by atoms with E-state index < -0.39 is 0 Å². The normalized spacial score (nSPS) is 27.3. The molecule has 3 nitrogen and oxygen atoms in total. The van der Waals surface area contributed by atoms with Gasteiger partial charge in [0, 0.05) is 19.3 Å². The van der Waals surface area contributed by atoms with E-state index in [1.807, 2.05) is 24.1 Å². The summed E-state index contributed by atoms with van der Waals surface area (Å²) in [6.07, 6.45) is 10.7. The van der Waals surface area contributed by atoms with Crippen molar-refractivity contribution in [1.82, 2.24) is 9.78 Å². The average molecular weight is 207 g/mol. The van der Waals surface area contributed by atoms with Gasteiger partial charge in [-0.05, 0) is 25.2 Å². The Bertz CT molecular complexity index is 306. The molecule has 0 amide bonds. The molecule has 0 spiro atoms. The fraction of sp³-hybridized carbons (Fsp3) is 0.750. The van der Waals surface area contributed by atoms with Crippen LogP contribution in [0.5, 0.6) is 0 Å². The van der Waals surface area contributed by atoms with Gasteiger partial charge in [0.05, 0.1) is 11.9 Å². The van der Waals surface area contributed by atoms with Gasteiger partial charge < -0.3 is 5.32 Å². The predicted molar refractivity (Wildman–Crippen MR) is 62.9 cm³/mol. The highest BCUT2D eigenvalue weighted by atomic mass is 15.3. The van der Waals surface area contributed by atoms with Crippen molar-refractivity contribution in [3.05, 3.63) is 12.4 Å². The molecule has 2 atom stereocenters. The maximum Gasteiger partial charge on any atom is 0.0728 e. The largest absolute Gasteiger partial charge is 0.380 e. The van der Waals surface area contributed by atoms with Crippen molar-refractivity contribution in [1.29, 1.82) is 0 Å². The highest BCUT2D eigenvalue weighted by molar-refractivity contribution is 5.39. The lowest BCUT2D eigenvalue weighted by atomic mass is 10.0. The van der Waals surface area contributed by atoms with Gasteiger partial charge in [-0.25, -0.2) is 0 Å². The summed E-state index contributed by atoms with van der Waals surface area (Å²) < 4.78 is 1.85. The van der Waals surface area contributed by atoms with E-state index in [0.29, 0.717) is 6.04 Å². The first-order valence-electron chi connectivity index (χ1n) is 5.99. The summed E-state index contributed by atoms with van der Waals surface area (Å²) >= 11 is 0. The van der Waals surface area contributed by atoms with Crippen LogP contribution in [0.2, 0.25) is 0 Å². The second-order valence-corrected chi connectivity index (χ2v) is 4.86. The first kappa shape index (κ1) is 10.5. The molecule has 0 aliphatic heterocycles. The second-order valence-electron chi connectivity index (χ2n) is 4.86. The summed E-state index contributed by atoms with van der Waals surface area (Å²) in [7, 11) is 1.96. The number of nitrogens with one attached hydrogen (secondary N) is 1. The monoisotopic (exact) mass is 207 g/mol. The molecule has 1 aliphatic rings. The van der Waals surface area contributed by atoms with Gasteiger partial charge in [0.15, 0.2) is 0 Å². The minimum absolute atomic E-state index is 0.652. The van der Waals surface area contributed by atoms with Crippen LogP contribution in [-0.2, 0) is 7.05 Å². The molecule has 84 valence electrons. The maximum atomic E-state index is 4.17. The van der Waals surface area contributed by atoms with Gasteiger partial charge in [-0.3, -0.25) is 4.68 Å². The summed E-state index contributed by atoms with van der Waals surface area (Å²) in [6.45, 7) is 2.37. The lowest BCUT2D eigenvalue weighted by Gasteiger charge is -2.15. The zero-order chi connectivity index (χ0) is 10.7. The van der Waals surface area contributed by atoms with Gasteiger partial charge in [-0.2, -0.15) is 5.10 Å². The quantitative estimate of drug-likeness (QED) is 0.756. The van der Waals surface area contributed by atoms with E-state index in [0.717, 1.165) is 11.6 Å². The Labute approximate surface area is 91.9 Å². The van der Waals surface area contributed by atoms with E-state index in [-0.39, 0.29) is 0 Å². The molecule has 1 aromatic rings. The second kappa shape index (κ2) is 4.69. The van der Waals surface area contributed by atoms with Crippen LogP contribution >= 0.6 is 0 Å². The fourth-order valence-corrected chi connectivity index (χ4v) is 2.36. The van der Waals surface area contributed by atoms with Crippen LogP contribution in [0.1, 0.15) is 39.0 Å². The van der Waals surface area contributed by atoms with E-state index in [2.05, 4.69) is 17.3 Å². The van der Waals surface area contributed by atoms with Crippen molar-refractivity contribution in [2.75, 3.05) is 5.32 Å². The number of rotatable bonds is 2. The Morgan fingerprint density at radius 2 is 2.20 bits per heavy atom. The molecule has 0 saturated heterocycles. The molecule has 0 aromatic carbocycles. The molecule has 1 aliphatic carbocycles. The van der Waals surface area contributed by atoms with E-state index in [1.54, 1.807) is 0 Å². The third kappa shape index (κ3) is 2.98. The number of aromatic nitrogens is 2. The van der Waals surface area contributed by atoms with E-state index in [9.17, 15) is 0 Å². The number of nitrogens with zero attached hydrogens (tertiary/aromatic N) is 2. The van der Waals surface area contributed by atoms with Gasteiger partial charge >= 0.3 is 0 Å². The summed E-state index contributed by atoms with van der Waals surface area (Å²) in [6, 6.07) is 0.652. The van der Waals surface area contributed by atoms with Crippen molar-refractivity contribution in [2.45, 2.75) is 45.1 Å². The molecule has 0 radical (unpaired) electrons. The lowest BCUT2D eigenvalue weighted by Crippen LogP contribution is -2.17. The zero-order valence-electron chi connectivity index (χ0n) is 9.74. The predicted octanol–water partition coefficient (Wildman–Crippen LogP) is 2.80. The van der Waals surface area contributed by atoms with E-state index in [4.69, 9.17) is 0 Å². The summed E-state index contributed by atoms with van der Waals surface area (Å²) in [5, 5.41) is 7.75. The van der Waals surface area contributed by atoms with Gasteiger partial charge in [0.1, 0.15) is 0 Å². The Morgan fingerprint density at radius 1 is 1.33 bits per heavy atom. The molecule has 1 heterocycles. The van der Waals surface area contributed by atoms with Crippen molar-refractivity contribution in [3.8, 4) is 0 Å². The number of aryl methyl sites for hydroxylation is 1. The maximum absolute atomic E-state index is 4.17. The Kier molecular flexibility index (Phi) is 3.29. The Balaban J connectivity index is 1.88. The molecule has 1 N–H and O–H groups in total. The van der Waals surface area contributed by atoms with Crippen LogP contribution in [0.25, 0.3) is 0 Å². The summed E-state index contributed by atoms with van der Waals surface area (Å²) in [4.78, 5) is 0. The standard InChI is InChI=1S/C12H21N3/c1-10-4-3-5-11(7-6-10)14-12-8-13-15(2)9-12/h8-11,14H,3-7H2,1-2H3. The molecule has 1 saturated carbocycles. The van der Waals surface area contributed by atoms with Crippen LogP contribution in [0.15, 0.2) is 12.4 Å². The Morgan fingerprint density at radius 3 is 2.93 bits per heavy atom. The smallest absolute Gasteiger partial charge is 0.0728 e. The van der Waals surface area contributed by atoms with Crippen molar-refractivity contribution in [2.24, 2.45) is 13.0 Å². The van der Waals surface area contributed by atoms with Gasteiger partial charge in [-0.1, -0.05) is 19.8 Å². The van der Waals surface area contributed by atoms with Gasteiger partial charge in [0.25, 0.3) is 0 Å². The SMILES string of the molecule is CC1CCCC(Nc2cnn(C)c2)CC1. The first-order valence-corrected chi connectivity index (χ1v) is 5.99. The average Bonchev–Trinajstić information content (AvgIpc) is 2.48. The highest BCUT2D eigenvalue weighted by Crippen LogP contribution is 2.24.